The second-order valence-electron chi connectivity index (χ2n) is 6.96. The average molecular weight is 330 g/mol. The predicted octanol–water partition coefficient (Wildman–Crippen LogP) is 5.54. The van der Waals surface area contributed by atoms with Gasteiger partial charge >= 0.3 is 0 Å². The van der Waals surface area contributed by atoms with Gasteiger partial charge in [0.05, 0.1) is 0 Å². The van der Waals surface area contributed by atoms with Crippen LogP contribution in [0.5, 0.6) is 0 Å². The summed E-state index contributed by atoms with van der Waals surface area (Å²) in [5.74, 6) is 0.543. The molecule has 0 radical (unpaired) electrons. The molecule has 0 aliphatic rings. The number of nitrogens with two attached hydrogens (primary N) is 2. The van der Waals surface area contributed by atoms with E-state index in [0.717, 1.165) is 28.9 Å². The van der Waals surface area contributed by atoms with Gasteiger partial charge in [-0.05, 0) is 52.3 Å². The molecule has 0 unspecified atom stereocenters. The molecule has 0 aromatic heterocycles. The minimum absolute atomic E-state index is 0.543. The highest BCUT2D eigenvalue weighted by molar-refractivity contribution is 5.70. The molecule has 3 aromatic carbocycles. The van der Waals surface area contributed by atoms with Crippen molar-refractivity contribution in [3.8, 4) is 11.1 Å². The van der Waals surface area contributed by atoms with Crippen molar-refractivity contribution in [3.63, 3.8) is 0 Å². The predicted molar refractivity (Wildman–Crippen MR) is 109 cm³/mol. The van der Waals surface area contributed by atoms with E-state index in [1.807, 2.05) is 19.1 Å². The molecule has 0 amide bonds. The maximum absolute atomic E-state index is 6.29. The Balaban J connectivity index is 1.98. The first-order valence-corrected chi connectivity index (χ1v) is 8.79. The minimum Gasteiger partial charge on any atom is -0.398 e. The molecule has 0 aliphatic heterocycles. The van der Waals surface area contributed by atoms with Crippen LogP contribution < -0.4 is 11.5 Å². The first-order valence-electron chi connectivity index (χ1n) is 8.79. The number of anilines is 2. The van der Waals surface area contributed by atoms with Crippen molar-refractivity contribution in [2.24, 2.45) is 0 Å². The van der Waals surface area contributed by atoms with Gasteiger partial charge in [-0.25, -0.2) is 0 Å². The highest BCUT2D eigenvalue weighted by Crippen LogP contribution is 2.30. The maximum Gasteiger partial charge on any atom is 0.0400 e. The normalized spacial score (nSPS) is 11.0. The van der Waals surface area contributed by atoms with Gasteiger partial charge in [0.1, 0.15) is 0 Å². The Bertz CT molecular complexity index is 877. The summed E-state index contributed by atoms with van der Waals surface area (Å²) in [5, 5.41) is 0. The monoisotopic (exact) mass is 330 g/mol. The molecule has 3 rings (SSSR count). The Morgan fingerprint density at radius 3 is 2.16 bits per heavy atom. The first-order chi connectivity index (χ1) is 12.0. The van der Waals surface area contributed by atoms with Crippen molar-refractivity contribution in [2.75, 3.05) is 11.5 Å². The molecule has 2 heteroatoms. The van der Waals surface area contributed by atoms with Gasteiger partial charge in [-0.15, -0.1) is 0 Å². The van der Waals surface area contributed by atoms with Gasteiger partial charge in [-0.2, -0.15) is 0 Å². The summed E-state index contributed by atoms with van der Waals surface area (Å²) in [7, 11) is 0. The molecule has 25 heavy (non-hydrogen) atoms. The van der Waals surface area contributed by atoms with Crippen molar-refractivity contribution < 1.29 is 0 Å². The summed E-state index contributed by atoms with van der Waals surface area (Å²) in [6.45, 7) is 6.41. The molecule has 4 N–H and O–H groups in total. The molecular formula is C23H26N2. The van der Waals surface area contributed by atoms with Gasteiger partial charge in [0.25, 0.3) is 0 Å². The van der Waals surface area contributed by atoms with Crippen LogP contribution in [0, 0.1) is 6.92 Å². The zero-order chi connectivity index (χ0) is 18.0. The van der Waals surface area contributed by atoms with Crippen LogP contribution in [-0.4, -0.2) is 0 Å². The first kappa shape index (κ1) is 17.1. The summed E-state index contributed by atoms with van der Waals surface area (Å²) in [6, 6.07) is 21.4. The summed E-state index contributed by atoms with van der Waals surface area (Å²) in [5.41, 5.74) is 21.0. The molecule has 0 fully saturated rings. The third kappa shape index (κ3) is 3.53. The van der Waals surface area contributed by atoms with Gasteiger partial charge < -0.3 is 11.5 Å². The lowest BCUT2D eigenvalue weighted by Gasteiger charge is -2.14. The third-order valence-electron chi connectivity index (χ3n) is 4.93. The largest absolute Gasteiger partial charge is 0.398 e. The van der Waals surface area contributed by atoms with Gasteiger partial charge in [0.2, 0.25) is 0 Å². The van der Waals surface area contributed by atoms with Crippen molar-refractivity contribution in [3.05, 3.63) is 82.9 Å². The van der Waals surface area contributed by atoms with Gasteiger partial charge in [0.15, 0.2) is 0 Å². The van der Waals surface area contributed by atoms with Gasteiger partial charge in [0, 0.05) is 17.8 Å². The van der Waals surface area contributed by atoms with E-state index in [2.05, 4.69) is 62.4 Å². The quantitative estimate of drug-likeness (QED) is 0.617. The number of rotatable bonds is 4. The molecule has 0 saturated heterocycles. The van der Waals surface area contributed by atoms with Gasteiger partial charge in [-0.3, -0.25) is 0 Å². The molecular weight excluding hydrogens is 304 g/mol. The summed E-state index contributed by atoms with van der Waals surface area (Å²) >= 11 is 0. The van der Waals surface area contributed by atoms with E-state index in [-0.39, 0.29) is 0 Å². The Kier molecular flexibility index (Phi) is 4.80. The Hall–Kier alpha value is -2.74. The van der Waals surface area contributed by atoms with E-state index in [1.54, 1.807) is 0 Å². The number of nitrogen functional groups attached to an aromatic ring is 2. The number of hydrogen-bond acceptors (Lipinski definition) is 2. The standard InChI is InChI=1S/C23H26N2/c1-15(2)17-8-10-18(11-9-17)21-7-5-4-6-19(21)14-20-12-13-22(24)16(3)23(20)25/h4-13,15H,14,24-25H2,1-3H3. The number of benzene rings is 3. The van der Waals surface area contributed by atoms with E-state index in [9.17, 15) is 0 Å². The van der Waals surface area contributed by atoms with E-state index >= 15 is 0 Å². The van der Waals surface area contributed by atoms with Gasteiger partial charge in [-0.1, -0.05) is 68.4 Å². The highest BCUT2D eigenvalue weighted by atomic mass is 14.6. The molecule has 3 aromatic rings. The van der Waals surface area contributed by atoms with Crippen LogP contribution in [0.4, 0.5) is 11.4 Å². The van der Waals surface area contributed by atoms with Crippen LogP contribution in [0.3, 0.4) is 0 Å². The molecule has 0 bridgehead atoms. The summed E-state index contributed by atoms with van der Waals surface area (Å²) in [6.07, 6.45) is 0.801. The van der Waals surface area contributed by atoms with E-state index in [0.29, 0.717) is 5.92 Å². The fourth-order valence-electron chi connectivity index (χ4n) is 3.16. The Morgan fingerprint density at radius 1 is 0.800 bits per heavy atom. The van der Waals surface area contributed by atoms with Crippen LogP contribution in [0.15, 0.2) is 60.7 Å². The Morgan fingerprint density at radius 2 is 1.48 bits per heavy atom. The second kappa shape index (κ2) is 7.02. The molecule has 0 heterocycles. The van der Waals surface area contributed by atoms with Crippen molar-refractivity contribution in [2.45, 2.75) is 33.1 Å². The molecule has 128 valence electrons. The topological polar surface area (TPSA) is 52.0 Å². The smallest absolute Gasteiger partial charge is 0.0400 e. The average Bonchev–Trinajstić information content (AvgIpc) is 2.63. The Labute approximate surface area is 150 Å². The third-order valence-corrected chi connectivity index (χ3v) is 4.93. The maximum atomic E-state index is 6.29. The van der Waals surface area contributed by atoms with Crippen molar-refractivity contribution >= 4 is 11.4 Å². The highest BCUT2D eigenvalue weighted by Gasteiger charge is 2.10. The van der Waals surface area contributed by atoms with Crippen LogP contribution in [0.2, 0.25) is 0 Å². The summed E-state index contributed by atoms with van der Waals surface area (Å²) in [4.78, 5) is 0. The fraction of sp³-hybridized carbons (Fsp3) is 0.217. The number of hydrogen-bond donors (Lipinski definition) is 2. The van der Waals surface area contributed by atoms with Crippen LogP contribution in [-0.2, 0) is 6.42 Å². The SMILES string of the molecule is Cc1c(N)ccc(Cc2ccccc2-c2ccc(C(C)C)cc2)c1N. The fourth-order valence-corrected chi connectivity index (χ4v) is 3.16. The lowest BCUT2D eigenvalue weighted by atomic mass is 9.92. The van der Waals surface area contributed by atoms with E-state index in [4.69, 9.17) is 11.5 Å². The van der Waals surface area contributed by atoms with Crippen molar-refractivity contribution in [1.82, 2.24) is 0 Å². The zero-order valence-corrected chi connectivity index (χ0v) is 15.2. The summed E-state index contributed by atoms with van der Waals surface area (Å²) < 4.78 is 0. The van der Waals surface area contributed by atoms with Crippen LogP contribution >= 0.6 is 0 Å². The molecule has 0 aliphatic carbocycles. The van der Waals surface area contributed by atoms with Crippen molar-refractivity contribution in [1.29, 1.82) is 0 Å². The van der Waals surface area contributed by atoms with E-state index < -0.39 is 0 Å². The molecule has 2 nitrogen and oxygen atoms in total. The van der Waals surface area contributed by atoms with E-state index in [1.165, 1.54) is 22.3 Å². The molecule has 0 saturated carbocycles. The van der Waals surface area contributed by atoms with Crippen LogP contribution in [0.1, 0.15) is 42.0 Å². The lowest BCUT2D eigenvalue weighted by molar-refractivity contribution is 0.867. The van der Waals surface area contributed by atoms with Crippen LogP contribution in [0.25, 0.3) is 11.1 Å². The minimum atomic E-state index is 0.543. The lowest BCUT2D eigenvalue weighted by Crippen LogP contribution is -2.02. The second-order valence-corrected chi connectivity index (χ2v) is 6.96. The zero-order valence-electron chi connectivity index (χ0n) is 15.2. The molecule has 0 atom stereocenters. The molecule has 0 spiro atoms.